The van der Waals surface area contributed by atoms with Gasteiger partial charge in [-0.25, -0.2) is 9.13 Å². The van der Waals surface area contributed by atoms with Gasteiger partial charge in [-0.15, -0.1) is 0 Å². The van der Waals surface area contributed by atoms with Crippen molar-refractivity contribution in [1.82, 2.24) is 0 Å². The van der Waals surface area contributed by atoms with Crippen molar-refractivity contribution in [3.05, 3.63) is 36.5 Å². The smallest absolute Gasteiger partial charge is 0.462 e. The number of aliphatic hydroxyl groups excluding tert-OH is 2. The lowest BCUT2D eigenvalue weighted by Gasteiger charge is -2.20. The summed E-state index contributed by atoms with van der Waals surface area (Å²) in [6.07, 6.45) is 25.0. The van der Waals surface area contributed by atoms with E-state index in [-0.39, 0.29) is 12.8 Å². The molecule has 16 heteroatoms. The highest BCUT2D eigenvalue weighted by Crippen LogP contribution is 2.43. The summed E-state index contributed by atoms with van der Waals surface area (Å²) in [4.78, 5) is 52.5. The Morgan fingerprint density at radius 2 is 1.20 bits per heavy atom. The van der Waals surface area contributed by atoms with Gasteiger partial charge in [0.05, 0.1) is 25.9 Å². The quantitative estimate of drug-likeness (QED) is 0.0133. The number of hydrogen-bond acceptors (Lipinski definition) is 11. The highest BCUT2D eigenvalue weighted by molar-refractivity contribution is 7.47. The number of esters is 2. The minimum atomic E-state index is -4.87. The predicted octanol–water partition coefficient (Wildman–Crippen LogP) is 8.16. The average Bonchev–Trinajstić information content (AvgIpc) is 3.10. The third kappa shape index (κ3) is 37.2. The first kappa shape index (κ1) is 52.3. The fraction of sp³-hybridized carbons (Fsp3) is 0.789. The van der Waals surface area contributed by atoms with Gasteiger partial charge in [0.15, 0.2) is 6.10 Å². The van der Waals surface area contributed by atoms with Crippen LogP contribution in [-0.4, -0.2) is 81.6 Å². The predicted molar refractivity (Wildman–Crippen MR) is 208 cm³/mol. The van der Waals surface area contributed by atoms with Gasteiger partial charge in [-0.05, 0) is 44.4 Å². The largest absolute Gasteiger partial charge is 0.472 e. The van der Waals surface area contributed by atoms with Gasteiger partial charge >= 0.3 is 27.6 Å². The molecule has 14 nitrogen and oxygen atoms in total. The number of hydrogen-bond donors (Lipinski definition) is 5. The Balaban J connectivity index is 4.65. The summed E-state index contributed by atoms with van der Waals surface area (Å²) in [5, 5.41) is 19.6. The lowest BCUT2D eigenvalue weighted by molar-refractivity contribution is -0.161. The van der Waals surface area contributed by atoms with E-state index in [2.05, 4.69) is 22.9 Å². The zero-order valence-corrected chi connectivity index (χ0v) is 34.6. The highest BCUT2D eigenvalue weighted by atomic mass is 31.2. The van der Waals surface area contributed by atoms with E-state index >= 15 is 0 Å². The molecule has 0 radical (unpaired) electrons. The molecule has 0 aromatic carbocycles. The van der Waals surface area contributed by atoms with Gasteiger partial charge < -0.3 is 34.4 Å². The van der Waals surface area contributed by atoms with E-state index in [0.29, 0.717) is 19.3 Å². The minimum absolute atomic E-state index is 0.0850. The number of ether oxygens (including phenoxy) is 2. The van der Waals surface area contributed by atoms with Gasteiger partial charge in [-0.1, -0.05) is 128 Å². The maximum atomic E-state index is 12.6. The van der Waals surface area contributed by atoms with Gasteiger partial charge in [0.2, 0.25) is 0 Å². The van der Waals surface area contributed by atoms with E-state index < -0.39 is 72.3 Å². The zero-order chi connectivity index (χ0) is 40.5. The lowest BCUT2D eigenvalue weighted by atomic mass is 10.0. The first-order valence-corrected chi connectivity index (χ1v) is 22.7. The third-order valence-corrected chi connectivity index (χ3v) is 9.48. The number of phosphoric acid groups is 2. The van der Waals surface area contributed by atoms with Crippen LogP contribution in [-0.2, 0) is 41.8 Å². The molecule has 0 rings (SSSR count). The van der Waals surface area contributed by atoms with Crippen LogP contribution in [0.5, 0.6) is 0 Å². The Labute approximate surface area is 323 Å². The molecule has 0 aromatic rings. The maximum Gasteiger partial charge on any atom is 0.472 e. The van der Waals surface area contributed by atoms with Crippen LogP contribution in [0.25, 0.3) is 0 Å². The van der Waals surface area contributed by atoms with Crippen molar-refractivity contribution in [2.75, 3.05) is 26.4 Å². The Kier molecular flexibility index (Phi) is 32.4. The fourth-order valence-corrected chi connectivity index (χ4v) is 6.19. The Hall–Kier alpha value is -1.70. The molecule has 0 spiro atoms. The van der Waals surface area contributed by atoms with E-state index in [0.717, 1.165) is 63.7 Å². The summed E-state index contributed by atoms with van der Waals surface area (Å²) < 4.78 is 47.6. The highest BCUT2D eigenvalue weighted by Gasteiger charge is 2.28. The molecule has 0 aromatic heterocycles. The van der Waals surface area contributed by atoms with Crippen LogP contribution in [0, 0.1) is 5.92 Å². The van der Waals surface area contributed by atoms with Crippen molar-refractivity contribution in [3.63, 3.8) is 0 Å². The monoisotopic (exact) mass is 812 g/mol. The van der Waals surface area contributed by atoms with Crippen LogP contribution >= 0.6 is 15.6 Å². The number of phosphoric ester groups is 2. The number of carbonyl (C=O) groups is 2. The molecule has 0 amide bonds. The van der Waals surface area contributed by atoms with Gasteiger partial charge in [0.1, 0.15) is 12.7 Å². The summed E-state index contributed by atoms with van der Waals surface area (Å²) >= 11 is 0. The molecule has 0 aliphatic carbocycles. The van der Waals surface area contributed by atoms with Gasteiger partial charge in [-0.2, -0.15) is 0 Å². The summed E-state index contributed by atoms with van der Waals surface area (Å²) in [5.41, 5.74) is 0. The molecule has 4 atom stereocenters. The summed E-state index contributed by atoms with van der Waals surface area (Å²) in [7, 11) is -9.68. The molecule has 0 saturated carbocycles. The molecule has 0 saturated heterocycles. The zero-order valence-electron chi connectivity index (χ0n) is 32.8. The van der Waals surface area contributed by atoms with E-state index in [9.17, 15) is 33.8 Å². The number of allylic oxidation sites excluding steroid dienone is 4. The number of rotatable bonds is 36. The van der Waals surface area contributed by atoms with Gasteiger partial charge in [-0.3, -0.25) is 23.2 Å². The Morgan fingerprint density at radius 1 is 0.648 bits per heavy atom. The molecule has 0 bridgehead atoms. The van der Waals surface area contributed by atoms with E-state index in [1.807, 2.05) is 37.3 Å². The normalized spacial score (nSPS) is 15.3. The molecule has 54 heavy (non-hydrogen) atoms. The summed E-state index contributed by atoms with van der Waals surface area (Å²) in [6, 6.07) is 0. The van der Waals surface area contributed by atoms with Crippen molar-refractivity contribution in [2.24, 2.45) is 5.92 Å². The summed E-state index contributed by atoms with van der Waals surface area (Å²) in [5.74, 6) is -0.351. The van der Waals surface area contributed by atoms with Crippen molar-refractivity contribution < 1.29 is 66.7 Å². The molecule has 0 fully saturated rings. The molecule has 0 aliphatic heterocycles. The van der Waals surface area contributed by atoms with Crippen LogP contribution in [0.1, 0.15) is 143 Å². The van der Waals surface area contributed by atoms with Crippen LogP contribution in [0.4, 0.5) is 0 Å². The number of carbonyl (C=O) groups excluding carboxylic acids is 2. The van der Waals surface area contributed by atoms with Gasteiger partial charge in [0, 0.05) is 12.8 Å². The Bertz CT molecular complexity index is 1140. The van der Waals surface area contributed by atoms with Crippen LogP contribution in [0.2, 0.25) is 0 Å². The van der Waals surface area contributed by atoms with E-state index in [1.54, 1.807) is 6.08 Å². The standard InChI is InChI=1S/C38H70O14P2/c1-4-5-19-25-34(39)26-21-16-12-7-6-8-14-18-23-28-38(42)52-36(32-51-54(46,47)50-30-35(40)29-49-53(43,44)45)31-48-37(41)27-22-17-13-10-9-11-15-20-24-33(2)3/h5,12,16,19,21,26,33-36,39-40H,4,6-11,13-15,17-18,20,22-25,27-32H2,1-3H3,(H,46,47)(H2,43,44,45)/b16-12+,19-5+,26-21+/t34?,35-,36+/m0/s1. The second-order valence-electron chi connectivity index (χ2n) is 13.9. The topological polar surface area (TPSA) is 216 Å². The van der Waals surface area contributed by atoms with Crippen LogP contribution in [0.15, 0.2) is 36.5 Å². The van der Waals surface area contributed by atoms with Crippen molar-refractivity contribution in [1.29, 1.82) is 0 Å². The summed E-state index contributed by atoms with van der Waals surface area (Å²) in [6.45, 7) is 3.74. The first-order chi connectivity index (χ1) is 25.6. The number of aliphatic hydroxyl groups is 2. The van der Waals surface area contributed by atoms with E-state index in [4.69, 9.17) is 23.8 Å². The van der Waals surface area contributed by atoms with E-state index in [1.165, 1.54) is 32.1 Å². The lowest BCUT2D eigenvalue weighted by Crippen LogP contribution is -2.30. The molecule has 0 aliphatic rings. The maximum absolute atomic E-state index is 12.6. The molecule has 316 valence electrons. The van der Waals surface area contributed by atoms with Crippen molar-refractivity contribution in [3.8, 4) is 0 Å². The second kappa shape index (κ2) is 33.4. The minimum Gasteiger partial charge on any atom is -0.462 e. The first-order valence-electron chi connectivity index (χ1n) is 19.6. The second-order valence-corrected chi connectivity index (χ2v) is 16.6. The van der Waals surface area contributed by atoms with Gasteiger partial charge in [0.25, 0.3) is 0 Å². The fourth-order valence-electron chi connectivity index (χ4n) is 5.04. The molecule has 0 heterocycles. The van der Waals surface area contributed by atoms with Crippen LogP contribution in [0.3, 0.4) is 0 Å². The van der Waals surface area contributed by atoms with Crippen molar-refractivity contribution >= 4 is 27.6 Å². The molecular formula is C38H70O14P2. The SMILES string of the molecule is CC/C=C/CC(O)/C=C/C=C/CCCCCCCC(=O)O[C@H](COC(=O)CCCCCCCCCCC(C)C)COP(=O)(O)OC[C@@H](O)COP(=O)(O)O. The average molecular weight is 813 g/mol. The van der Waals surface area contributed by atoms with Crippen LogP contribution < -0.4 is 0 Å². The van der Waals surface area contributed by atoms with Crippen molar-refractivity contribution in [2.45, 2.75) is 161 Å². The molecule has 5 N–H and O–H groups in total. The third-order valence-electron chi connectivity index (χ3n) is 8.04. The molecule has 2 unspecified atom stereocenters. The molecular weight excluding hydrogens is 742 g/mol. The Morgan fingerprint density at radius 3 is 1.81 bits per heavy atom. The number of unbranched alkanes of at least 4 members (excludes halogenated alkanes) is 12.